The highest BCUT2D eigenvalue weighted by molar-refractivity contribution is 5.32. The first-order valence-electron chi connectivity index (χ1n) is 7.08. The molecule has 0 spiro atoms. The Morgan fingerprint density at radius 3 is 2.50 bits per heavy atom. The molecule has 1 N–H and O–H groups in total. The Hall–Kier alpha value is -1.41. The van der Waals surface area contributed by atoms with Gasteiger partial charge in [0.1, 0.15) is 0 Å². The largest absolute Gasteiger partial charge is 0.387 e. The quantitative estimate of drug-likeness (QED) is 0.902. The van der Waals surface area contributed by atoms with E-state index in [1.54, 1.807) is 12.1 Å². The number of benzene rings is 1. The van der Waals surface area contributed by atoms with Gasteiger partial charge in [0.25, 0.3) is 0 Å². The van der Waals surface area contributed by atoms with Crippen molar-refractivity contribution in [1.82, 2.24) is 9.80 Å². The summed E-state index contributed by atoms with van der Waals surface area (Å²) in [7, 11) is 4.23. The van der Waals surface area contributed by atoms with E-state index in [0.29, 0.717) is 24.1 Å². The van der Waals surface area contributed by atoms with Crippen LogP contribution in [0.15, 0.2) is 24.3 Å². The van der Waals surface area contributed by atoms with Crippen molar-refractivity contribution in [2.75, 3.05) is 33.7 Å². The second kappa shape index (κ2) is 6.36. The molecule has 3 atom stereocenters. The minimum atomic E-state index is -0.490. The summed E-state index contributed by atoms with van der Waals surface area (Å²) in [6, 6.07) is 9.85. The van der Waals surface area contributed by atoms with Gasteiger partial charge in [0.15, 0.2) is 0 Å². The van der Waals surface area contributed by atoms with Gasteiger partial charge in [0, 0.05) is 25.7 Å². The third kappa shape index (κ3) is 3.37. The Balaban J connectivity index is 1.95. The molecule has 4 heteroatoms. The molecule has 1 aromatic rings. The van der Waals surface area contributed by atoms with Gasteiger partial charge in [-0.2, -0.15) is 5.26 Å². The van der Waals surface area contributed by atoms with Crippen molar-refractivity contribution in [1.29, 1.82) is 5.26 Å². The molecule has 1 aliphatic heterocycles. The summed E-state index contributed by atoms with van der Waals surface area (Å²) in [6.07, 6.45) is -0.490. The molecule has 0 bridgehead atoms. The lowest BCUT2D eigenvalue weighted by atomic mass is 10.1. The lowest BCUT2D eigenvalue weighted by molar-refractivity contribution is 0.122. The molecule has 1 saturated heterocycles. The van der Waals surface area contributed by atoms with E-state index in [1.165, 1.54) is 0 Å². The van der Waals surface area contributed by atoms with Crippen molar-refractivity contribution < 1.29 is 5.11 Å². The van der Waals surface area contributed by atoms with Crippen LogP contribution in [0.4, 0.5) is 0 Å². The van der Waals surface area contributed by atoms with Gasteiger partial charge in [-0.3, -0.25) is 4.90 Å². The van der Waals surface area contributed by atoms with Gasteiger partial charge < -0.3 is 10.0 Å². The maximum absolute atomic E-state index is 10.3. The molecule has 1 fully saturated rings. The summed E-state index contributed by atoms with van der Waals surface area (Å²) < 4.78 is 0. The molecule has 0 amide bonds. The minimum absolute atomic E-state index is 0.490. The van der Waals surface area contributed by atoms with E-state index in [2.05, 4.69) is 36.9 Å². The van der Waals surface area contributed by atoms with Gasteiger partial charge in [-0.25, -0.2) is 0 Å². The van der Waals surface area contributed by atoms with E-state index in [9.17, 15) is 5.11 Å². The van der Waals surface area contributed by atoms with Crippen molar-refractivity contribution in [2.45, 2.75) is 19.1 Å². The lowest BCUT2D eigenvalue weighted by Crippen LogP contribution is -2.35. The number of rotatable bonds is 4. The van der Waals surface area contributed by atoms with Gasteiger partial charge in [0.05, 0.1) is 17.7 Å². The van der Waals surface area contributed by atoms with Crippen LogP contribution < -0.4 is 0 Å². The number of nitriles is 1. The van der Waals surface area contributed by atoms with E-state index in [-0.39, 0.29) is 0 Å². The van der Waals surface area contributed by atoms with Gasteiger partial charge in [-0.15, -0.1) is 0 Å². The number of aliphatic hydroxyl groups is 1. The highest BCUT2D eigenvalue weighted by Crippen LogP contribution is 2.23. The fourth-order valence-corrected chi connectivity index (χ4v) is 3.00. The van der Waals surface area contributed by atoms with E-state index in [0.717, 1.165) is 18.7 Å². The van der Waals surface area contributed by atoms with Crippen LogP contribution in [0.1, 0.15) is 24.2 Å². The average molecular weight is 273 g/mol. The maximum atomic E-state index is 10.3. The summed E-state index contributed by atoms with van der Waals surface area (Å²) in [4.78, 5) is 4.58. The molecule has 2 rings (SSSR count). The molecular formula is C16H23N3O. The Morgan fingerprint density at radius 2 is 2.00 bits per heavy atom. The van der Waals surface area contributed by atoms with Crippen LogP contribution >= 0.6 is 0 Å². The fraction of sp³-hybridized carbons (Fsp3) is 0.562. The van der Waals surface area contributed by atoms with Gasteiger partial charge in [0.2, 0.25) is 0 Å². The third-order valence-corrected chi connectivity index (χ3v) is 4.17. The number of nitrogens with zero attached hydrogens (tertiary/aromatic N) is 3. The van der Waals surface area contributed by atoms with Crippen LogP contribution in [0.25, 0.3) is 0 Å². The molecule has 0 aliphatic carbocycles. The second-order valence-electron chi connectivity index (χ2n) is 5.98. The highest BCUT2D eigenvalue weighted by Gasteiger charge is 2.31. The number of aliphatic hydroxyl groups excluding tert-OH is 1. The topological polar surface area (TPSA) is 50.5 Å². The van der Waals surface area contributed by atoms with Crippen LogP contribution in [0.5, 0.6) is 0 Å². The predicted molar refractivity (Wildman–Crippen MR) is 79.2 cm³/mol. The summed E-state index contributed by atoms with van der Waals surface area (Å²) in [5, 5.41) is 19.1. The molecule has 4 nitrogen and oxygen atoms in total. The second-order valence-corrected chi connectivity index (χ2v) is 5.98. The third-order valence-electron chi connectivity index (χ3n) is 4.17. The van der Waals surface area contributed by atoms with Crippen molar-refractivity contribution in [2.24, 2.45) is 5.92 Å². The first-order chi connectivity index (χ1) is 9.51. The molecule has 0 aromatic heterocycles. The van der Waals surface area contributed by atoms with Crippen molar-refractivity contribution in [3.63, 3.8) is 0 Å². The van der Waals surface area contributed by atoms with Gasteiger partial charge in [-0.1, -0.05) is 19.1 Å². The molecule has 3 unspecified atom stereocenters. The van der Waals surface area contributed by atoms with E-state index < -0.39 is 6.10 Å². The van der Waals surface area contributed by atoms with E-state index in [4.69, 9.17) is 5.26 Å². The molecule has 0 saturated carbocycles. The average Bonchev–Trinajstić information content (AvgIpc) is 2.79. The van der Waals surface area contributed by atoms with Crippen LogP contribution in [-0.2, 0) is 0 Å². The van der Waals surface area contributed by atoms with Crippen LogP contribution in [0, 0.1) is 17.2 Å². The zero-order chi connectivity index (χ0) is 14.7. The van der Waals surface area contributed by atoms with Crippen molar-refractivity contribution in [3.05, 3.63) is 35.4 Å². The molecule has 1 heterocycles. The predicted octanol–water partition coefficient (Wildman–Crippen LogP) is 1.47. The van der Waals surface area contributed by atoms with E-state index in [1.807, 2.05) is 12.1 Å². The monoisotopic (exact) mass is 273 g/mol. The summed E-state index contributed by atoms with van der Waals surface area (Å²) in [5.74, 6) is 0.623. The first-order valence-corrected chi connectivity index (χ1v) is 7.08. The summed E-state index contributed by atoms with van der Waals surface area (Å²) >= 11 is 0. The fourth-order valence-electron chi connectivity index (χ4n) is 3.00. The Labute approximate surface area is 121 Å². The van der Waals surface area contributed by atoms with Crippen molar-refractivity contribution in [3.8, 4) is 6.07 Å². The molecule has 1 aliphatic rings. The number of likely N-dealkylation sites (N-methyl/N-ethyl adjacent to an activating group) is 1. The Bertz CT molecular complexity index is 477. The van der Waals surface area contributed by atoms with Crippen molar-refractivity contribution >= 4 is 0 Å². The normalized spacial score (nSPS) is 24.8. The Kier molecular flexibility index (Phi) is 4.77. The first kappa shape index (κ1) is 15.0. The molecule has 20 heavy (non-hydrogen) atoms. The molecule has 1 aromatic carbocycles. The number of hydrogen-bond donors (Lipinski definition) is 1. The molecule has 108 valence electrons. The minimum Gasteiger partial charge on any atom is -0.387 e. The maximum Gasteiger partial charge on any atom is 0.0991 e. The van der Waals surface area contributed by atoms with Gasteiger partial charge in [-0.05, 0) is 37.7 Å². The number of β-amino-alcohol motifs (C(OH)–C–C–N with tert-alkyl or cyclic N) is 1. The Morgan fingerprint density at radius 1 is 1.35 bits per heavy atom. The SMILES string of the molecule is CC1CN(CC(O)c2ccc(C#N)cc2)CC1N(C)C. The highest BCUT2D eigenvalue weighted by atomic mass is 16.3. The van der Waals surface area contributed by atoms with Crippen LogP contribution in [0.3, 0.4) is 0 Å². The number of likely N-dealkylation sites (tertiary alicyclic amines) is 1. The zero-order valence-electron chi connectivity index (χ0n) is 12.5. The zero-order valence-corrected chi connectivity index (χ0v) is 12.5. The molecule has 0 radical (unpaired) electrons. The summed E-state index contributed by atoms with van der Waals surface area (Å²) in [5.41, 5.74) is 1.51. The van der Waals surface area contributed by atoms with Gasteiger partial charge >= 0.3 is 0 Å². The van der Waals surface area contributed by atoms with Crippen LogP contribution in [-0.4, -0.2) is 54.7 Å². The molecular weight excluding hydrogens is 250 g/mol. The lowest BCUT2D eigenvalue weighted by Gasteiger charge is -2.23. The van der Waals surface area contributed by atoms with E-state index >= 15 is 0 Å². The smallest absolute Gasteiger partial charge is 0.0991 e. The number of hydrogen-bond acceptors (Lipinski definition) is 4. The summed E-state index contributed by atoms with van der Waals surface area (Å²) in [6.45, 7) is 4.94. The van der Waals surface area contributed by atoms with Crippen LogP contribution in [0.2, 0.25) is 0 Å². The standard InChI is InChI=1S/C16H23N3O/c1-12-9-19(10-15(12)18(2)3)11-16(20)14-6-4-13(8-17)5-7-14/h4-7,12,15-16,20H,9-11H2,1-3H3.